The molecule has 0 aliphatic heterocycles. The zero-order valence-electron chi connectivity index (χ0n) is 11.3. The Balaban J connectivity index is 2.43. The number of hydrogen-bond acceptors (Lipinski definition) is 3. The molecular formula is C14H24BrNOS. The highest BCUT2D eigenvalue weighted by molar-refractivity contribution is 9.11. The lowest BCUT2D eigenvalue weighted by atomic mass is 10.0. The van der Waals surface area contributed by atoms with Crippen molar-refractivity contribution in [3.63, 3.8) is 0 Å². The van der Waals surface area contributed by atoms with Crippen molar-refractivity contribution >= 4 is 27.3 Å². The Hall–Kier alpha value is 0.1000. The summed E-state index contributed by atoms with van der Waals surface area (Å²) in [5.41, 5.74) is 5.81. The van der Waals surface area contributed by atoms with E-state index < -0.39 is 0 Å². The molecule has 1 rings (SSSR count). The lowest BCUT2D eigenvalue weighted by Gasteiger charge is -2.19. The van der Waals surface area contributed by atoms with E-state index in [2.05, 4.69) is 41.9 Å². The van der Waals surface area contributed by atoms with Crippen LogP contribution in [-0.2, 0) is 4.74 Å². The van der Waals surface area contributed by atoms with Gasteiger partial charge in [0.15, 0.2) is 0 Å². The molecule has 0 aliphatic rings. The SMILES string of the molecule is CCCCC(CC)COC(CN)c1ccc(Br)s1. The smallest absolute Gasteiger partial charge is 0.104 e. The maximum Gasteiger partial charge on any atom is 0.104 e. The Morgan fingerprint density at radius 3 is 2.67 bits per heavy atom. The minimum absolute atomic E-state index is 0.0528. The highest BCUT2D eigenvalue weighted by atomic mass is 79.9. The molecule has 1 aromatic heterocycles. The van der Waals surface area contributed by atoms with Crippen molar-refractivity contribution in [3.05, 3.63) is 20.8 Å². The molecule has 0 bridgehead atoms. The van der Waals surface area contributed by atoms with Crippen LogP contribution in [0.4, 0.5) is 0 Å². The summed E-state index contributed by atoms with van der Waals surface area (Å²) in [4.78, 5) is 1.22. The van der Waals surface area contributed by atoms with Crippen LogP contribution in [0.15, 0.2) is 15.9 Å². The molecule has 2 unspecified atom stereocenters. The van der Waals surface area contributed by atoms with Crippen LogP contribution < -0.4 is 5.73 Å². The second-order valence-corrected chi connectivity index (χ2v) is 7.11. The number of nitrogens with two attached hydrogens (primary N) is 1. The Bertz CT molecular complexity index is 329. The first kappa shape index (κ1) is 16.2. The van der Waals surface area contributed by atoms with Gasteiger partial charge in [-0.25, -0.2) is 0 Å². The van der Waals surface area contributed by atoms with Crippen molar-refractivity contribution in [2.75, 3.05) is 13.2 Å². The fourth-order valence-electron chi connectivity index (χ4n) is 1.92. The quantitative estimate of drug-likeness (QED) is 0.708. The molecule has 0 radical (unpaired) electrons. The molecular weight excluding hydrogens is 310 g/mol. The summed E-state index contributed by atoms with van der Waals surface area (Å²) in [5.74, 6) is 0.669. The van der Waals surface area contributed by atoms with Crippen LogP contribution in [0.2, 0.25) is 0 Å². The van der Waals surface area contributed by atoms with E-state index in [4.69, 9.17) is 10.5 Å². The van der Waals surface area contributed by atoms with Gasteiger partial charge < -0.3 is 10.5 Å². The topological polar surface area (TPSA) is 35.2 Å². The lowest BCUT2D eigenvalue weighted by Crippen LogP contribution is -2.18. The third kappa shape index (κ3) is 5.39. The molecule has 1 heterocycles. The summed E-state index contributed by atoms with van der Waals surface area (Å²) in [6.45, 7) is 5.85. The zero-order chi connectivity index (χ0) is 13.4. The van der Waals surface area contributed by atoms with Crippen molar-refractivity contribution in [2.45, 2.75) is 45.6 Å². The van der Waals surface area contributed by atoms with Gasteiger partial charge >= 0.3 is 0 Å². The summed E-state index contributed by atoms with van der Waals surface area (Å²) in [6.07, 6.45) is 5.05. The normalized spacial score (nSPS) is 14.7. The minimum atomic E-state index is 0.0528. The standard InChI is InChI=1S/C14H24BrNOS/c1-3-5-6-11(4-2)10-17-12(9-16)13-7-8-14(15)18-13/h7-8,11-12H,3-6,9-10,16H2,1-2H3. The van der Waals surface area contributed by atoms with Gasteiger partial charge in [-0.05, 0) is 40.4 Å². The van der Waals surface area contributed by atoms with Gasteiger partial charge in [0, 0.05) is 11.4 Å². The van der Waals surface area contributed by atoms with Crippen LogP contribution >= 0.6 is 27.3 Å². The van der Waals surface area contributed by atoms with Gasteiger partial charge in [0.1, 0.15) is 6.10 Å². The first-order valence-electron chi connectivity index (χ1n) is 6.78. The van der Waals surface area contributed by atoms with E-state index in [1.54, 1.807) is 11.3 Å². The summed E-state index contributed by atoms with van der Waals surface area (Å²) >= 11 is 5.19. The fourth-order valence-corrected chi connectivity index (χ4v) is 3.40. The van der Waals surface area contributed by atoms with Crippen LogP contribution in [-0.4, -0.2) is 13.2 Å². The van der Waals surface area contributed by atoms with Gasteiger partial charge in [-0.3, -0.25) is 0 Å². The number of rotatable bonds is 9. The first-order valence-corrected chi connectivity index (χ1v) is 8.39. The minimum Gasteiger partial charge on any atom is -0.371 e. The van der Waals surface area contributed by atoms with E-state index in [1.165, 1.54) is 30.6 Å². The third-order valence-electron chi connectivity index (χ3n) is 3.20. The lowest BCUT2D eigenvalue weighted by molar-refractivity contribution is 0.0319. The maximum absolute atomic E-state index is 6.01. The van der Waals surface area contributed by atoms with E-state index >= 15 is 0 Å². The van der Waals surface area contributed by atoms with E-state index in [0.717, 1.165) is 10.4 Å². The van der Waals surface area contributed by atoms with E-state index in [9.17, 15) is 0 Å². The molecule has 0 saturated carbocycles. The van der Waals surface area contributed by atoms with E-state index in [1.807, 2.05) is 0 Å². The van der Waals surface area contributed by atoms with E-state index in [0.29, 0.717) is 12.5 Å². The molecule has 104 valence electrons. The summed E-state index contributed by atoms with van der Waals surface area (Å²) in [7, 11) is 0. The van der Waals surface area contributed by atoms with Gasteiger partial charge in [-0.1, -0.05) is 33.1 Å². The average Bonchev–Trinajstić information content (AvgIpc) is 2.80. The molecule has 0 spiro atoms. The summed E-state index contributed by atoms with van der Waals surface area (Å²) < 4.78 is 7.14. The van der Waals surface area contributed by atoms with Gasteiger partial charge in [0.25, 0.3) is 0 Å². The predicted octanol–water partition coefficient (Wildman–Crippen LogP) is 4.74. The van der Waals surface area contributed by atoms with Crippen molar-refractivity contribution in [1.29, 1.82) is 0 Å². The monoisotopic (exact) mass is 333 g/mol. The fraction of sp³-hybridized carbons (Fsp3) is 0.714. The Morgan fingerprint density at radius 1 is 1.39 bits per heavy atom. The molecule has 0 amide bonds. The first-order chi connectivity index (χ1) is 8.71. The molecule has 2 N–H and O–H groups in total. The highest BCUT2D eigenvalue weighted by Crippen LogP contribution is 2.29. The summed E-state index contributed by atoms with van der Waals surface area (Å²) in [6, 6.07) is 4.15. The second kappa shape index (κ2) is 9.08. The molecule has 0 fully saturated rings. The molecule has 0 aliphatic carbocycles. The van der Waals surface area contributed by atoms with Crippen LogP contribution in [0.25, 0.3) is 0 Å². The number of hydrogen-bond donors (Lipinski definition) is 1. The Kier molecular flexibility index (Phi) is 8.15. The zero-order valence-corrected chi connectivity index (χ0v) is 13.7. The molecule has 0 saturated heterocycles. The number of ether oxygens (including phenoxy) is 1. The predicted molar refractivity (Wildman–Crippen MR) is 83.1 cm³/mol. The van der Waals surface area contributed by atoms with Crippen LogP contribution in [0.3, 0.4) is 0 Å². The van der Waals surface area contributed by atoms with Crippen molar-refractivity contribution in [2.24, 2.45) is 11.7 Å². The highest BCUT2D eigenvalue weighted by Gasteiger charge is 2.15. The Morgan fingerprint density at radius 2 is 2.17 bits per heavy atom. The second-order valence-electron chi connectivity index (χ2n) is 4.62. The van der Waals surface area contributed by atoms with Crippen LogP contribution in [0.1, 0.15) is 50.5 Å². The van der Waals surface area contributed by atoms with Crippen molar-refractivity contribution < 1.29 is 4.74 Å². The molecule has 2 atom stereocenters. The number of thiophene rings is 1. The van der Waals surface area contributed by atoms with Crippen molar-refractivity contribution in [3.8, 4) is 0 Å². The molecule has 2 nitrogen and oxygen atoms in total. The molecule has 0 aromatic carbocycles. The molecule has 4 heteroatoms. The van der Waals surface area contributed by atoms with Crippen molar-refractivity contribution in [1.82, 2.24) is 0 Å². The average molecular weight is 334 g/mol. The summed E-state index contributed by atoms with van der Waals surface area (Å²) in [5, 5.41) is 0. The van der Waals surface area contributed by atoms with Gasteiger partial charge in [-0.2, -0.15) is 0 Å². The van der Waals surface area contributed by atoms with Crippen LogP contribution in [0.5, 0.6) is 0 Å². The molecule has 1 aromatic rings. The van der Waals surface area contributed by atoms with Crippen LogP contribution in [0, 0.1) is 5.92 Å². The number of unbranched alkanes of at least 4 members (excludes halogenated alkanes) is 1. The van der Waals surface area contributed by atoms with Gasteiger partial charge in [-0.15, -0.1) is 11.3 Å². The van der Waals surface area contributed by atoms with Gasteiger partial charge in [0.2, 0.25) is 0 Å². The third-order valence-corrected chi connectivity index (χ3v) is 4.92. The molecule has 18 heavy (non-hydrogen) atoms. The Labute approximate surface area is 123 Å². The van der Waals surface area contributed by atoms with Gasteiger partial charge in [0.05, 0.1) is 10.4 Å². The maximum atomic E-state index is 6.01. The van der Waals surface area contributed by atoms with E-state index in [-0.39, 0.29) is 6.10 Å². The largest absolute Gasteiger partial charge is 0.371 e. The number of halogens is 1.